The molecular weight excluding hydrogens is 218 g/mol. The molecule has 0 radical (unpaired) electrons. The number of carbonyl (C=O) groups is 1. The Hall–Kier alpha value is -1.49. The van der Waals surface area contributed by atoms with Crippen molar-refractivity contribution in [1.29, 1.82) is 0 Å². The van der Waals surface area contributed by atoms with Gasteiger partial charge >= 0.3 is 5.97 Å². The monoisotopic (exact) mass is 230 g/mol. The second-order valence-corrected chi connectivity index (χ2v) is 3.25. The van der Waals surface area contributed by atoms with Crippen molar-refractivity contribution >= 4 is 5.97 Å². The van der Waals surface area contributed by atoms with Gasteiger partial charge in [-0.1, -0.05) is 6.07 Å². The normalized spacial score (nSPS) is 10.4. The molecule has 5 heteroatoms. The van der Waals surface area contributed by atoms with Gasteiger partial charge in [-0.2, -0.15) is 0 Å². The zero-order valence-electron chi connectivity index (χ0n) is 8.58. The van der Waals surface area contributed by atoms with Crippen molar-refractivity contribution in [2.75, 3.05) is 13.2 Å². The van der Waals surface area contributed by atoms with Crippen molar-refractivity contribution in [3.8, 4) is 0 Å². The van der Waals surface area contributed by atoms with E-state index in [1.54, 1.807) is 0 Å². The Morgan fingerprint density at radius 1 is 1.25 bits per heavy atom. The van der Waals surface area contributed by atoms with Crippen LogP contribution in [0.4, 0.5) is 8.78 Å². The first-order valence-electron chi connectivity index (χ1n) is 4.83. The fraction of sp³-hybridized carbons (Fsp3) is 0.364. The molecule has 1 N–H and O–H groups in total. The fourth-order valence-electron chi connectivity index (χ4n) is 1.15. The topological polar surface area (TPSA) is 46.5 Å². The highest BCUT2D eigenvalue weighted by atomic mass is 19.2. The van der Waals surface area contributed by atoms with Crippen LogP contribution in [0.3, 0.4) is 0 Å². The molecule has 1 aromatic carbocycles. The van der Waals surface area contributed by atoms with Crippen molar-refractivity contribution in [3.05, 3.63) is 35.4 Å². The minimum absolute atomic E-state index is 0.0578. The van der Waals surface area contributed by atoms with Crippen LogP contribution in [0.15, 0.2) is 18.2 Å². The summed E-state index contributed by atoms with van der Waals surface area (Å²) in [7, 11) is 0. The number of carboxylic acids is 1. The van der Waals surface area contributed by atoms with Crippen LogP contribution in [0.2, 0.25) is 0 Å². The predicted octanol–water partition coefficient (Wildman–Crippen LogP) is 2.00. The van der Waals surface area contributed by atoms with Gasteiger partial charge < -0.3 is 9.84 Å². The Morgan fingerprint density at radius 2 is 2.00 bits per heavy atom. The van der Waals surface area contributed by atoms with E-state index in [0.717, 1.165) is 12.1 Å². The average molecular weight is 230 g/mol. The molecule has 0 aliphatic heterocycles. The summed E-state index contributed by atoms with van der Waals surface area (Å²) in [5.74, 6) is -2.69. The van der Waals surface area contributed by atoms with E-state index in [0.29, 0.717) is 18.6 Å². The molecule has 0 aromatic heterocycles. The Labute approximate surface area is 91.7 Å². The van der Waals surface area contributed by atoms with E-state index in [-0.39, 0.29) is 13.0 Å². The summed E-state index contributed by atoms with van der Waals surface area (Å²) >= 11 is 0. The van der Waals surface area contributed by atoms with Gasteiger partial charge in [-0.3, -0.25) is 4.79 Å². The molecule has 0 aliphatic carbocycles. The SMILES string of the molecule is O=C(O)CCOCCc1ccc(F)c(F)c1. The van der Waals surface area contributed by atoms with Crippen LogP contribution in [-0.2, 0) is 16.0 Å². The predicted molar refractivity (Wildman–Crippen MR) is 53.1 cm³/mol. The number of hydrogen-bond donors (Lipinski definition) is 1. The van der Waals surface area contributed by atoms with Gasteiger partial charge in [0.2, 0.25) is 0 Å². The van der Waals surface area contributed by atoms with Gasteiger partial charge in [-0.05, 0) is 24.1 Å². The number of benzene rings is 1. The molecule has 3 nitrogen and oxygen atoms in total. The molecule has 1 rings (SSSR count). The first-order valence-corrected chi connectivity index (χ1v) is 4.83. The Bertz CT molecular complexity index is 366. The number of halogens is 2. The lowest BCUT2D eigenvalue weighted by Gasteiger charge is -2.03. The lowest BCUT2D eigenvalue weighted by atomic mass is 10.1. The van der Waals surface area contributed by atoms with Crippen LogP contribution in [0.25, 0.3) is 0 Å². The Morgan fingerprint density at radius 3 is 2.62 bits per heavy atom. The van der Waals surface area contributed by atoms with E-state index in [4.69, 9.17) is 9.84 Å². The molecule has 0 amide bonds. The maximum atomic E-state index is 12.8. The first-order chi connectivity index (χ1) is 7.59. The van der Waals surface area contributed by atoms with Crippen molar-refractivity contribution in [1.82, 2.24) is 0 Å². The van der Waals surface area contributed by atoms with Crippen LogP contribution < -0.4 is 0 Å². The Balaban J connectivity index is 2.27. The van der Waals surface area contributed by atoms with E-state index in [9.17, 15) is 13.6 Å². The van der Waals surface area contributed by atoms with Gasteiger partial charge in [0.15, 0.2) is 11.6 Å². The summed E-state index contributed by atoms with van der Waals surface area (Å²) in [6.45, 7) is 0.414. The van der Waals surface area contributed by atoms with Gasteiger partial charge in [0.1, 0.15) is 0 Å². The molecule has 0 aliphatic rings. The molecule has 0 atom stereocenters. The van der Waals surface area contributed by atoms with Gasteiger partial charge in [0.05, 0.1) is 19.6 Å². The average Bonchev–Trinajstić information content (AvgIpc) is 2.22. The second-order valence-electron chi connectivity index (χ2n) is 3.25. The standard InChI is InChI=1S/C11H12F2O3/c12-9-2-1-8(7-10(9)13)3-5-16-6-4-11(14)15/h1-2,7H,3-6H2,(H,14,15). The van der Waals surface area contributed by atoms with Crippen LogP contribution >= 0.6 is 0 Å². The van der Waals surface area contributed by atoms with Crippen LogP contribution in [-0.4, -0.2) is 24.3 Å². The highest BCUT2D eigenvalue weighted by Gasteiger charge is 2.02. The molecule has 88 valence electrons. The molecule has 0 fully saturated rings. The third kappa shape index (κ3) is 4.35. The van der Waals surface area contributed by atoms with E-state index >= 15 is 0 Å². The first kappa shape index (κ1) is 12.6. The van der Waals surface area contributed by atoms with Gasteiger partial charge in [-0.15, -0.1) is 0 Å². The minimum Gasteiger partial charge on any atom is -0.481 e. The molecule has 0 unspecified atom stereocenters. The summed E-state index contributed by atoms with van der Waals surface area (Å²) in [4.78, 5) is 10.1. The fourth-order valence-corrected chi connectivity index (χ4v) is 1.15. The number of rotatable bonds is 6. The molecule has 0 heterocycles. The maximum absolute atomic E-state index is 12.8. The highest BCUT2D eigenvalue weighted by molar-refractivity contribution is 5.66. The largest absolute Gasteiger partial charge is 0.481 e. The lowest BCUT2D eigenvalue weighted by molar-refractivity contribution is -0.138. The number of hydrogen-bond acceptors (Lipinski definition) is 2. The molecule has 0 spiro atoms. The smallest absolute Gasteiger partial charge is 0.305 e. The number of carboxylic acid groups (broad SMARTS) is 1. The second kappa shape index (κ2) is 6.17. The zero-order chi connectivity index (χ0) is 12.0. The summed E-state index contributed by atoms with van der Waals surface area (Å²) in [5.41, 5.74) is 0.620. The number of ether oxygens (including phenoxy) is 1. The number of aliphatic carboxylic acids is 1. The van der Waals surface area contributed by atoms with E-state index in [2.05, 4.69) is 0 Å². The van der Waals surface area contributed by atoms with E-state index in [1.165, 1.54) is 6.07 Å². The van der Waals surface area contributed by atoms with Crippen molar-refractivity contribution in [2.45, 2.75) is 12.8 Å². The lowest BCUT2D eigenvalue weighted by Crippen LogP contribution is -2.05. The van der Waals surface area contributed by atoms with E-state index < -0.39 is 17.6 Å². The molecule has 16 heavy (non-hydrogen) atoms. The highest BCUT2D eigenvalue weighted by Crippen LogP contribution is 2.09. The van der Waals surface area contributed by atoms with E-state index in [1.807, 2.05) is 0 Å². The zero-order valence-corrected chi connectivity index (χ0v) is 8.58. The summed E-state index contributed by atoms with van der Waals surface area (Å²) < 4.78 is 30.3. The van der Waals surface area contributed by atoms with Crippen molar-refractivity contribution < 1.29 is 23.4 Å². The quantitative estimate of drug-likeness (QED) is 0.760. The molecule has 0 saturated heterocycles. The Kier molecular flexibility index (Phi) is 4.85. The molecule has 1 aromatic rings. The molecular formula is C11H12F2O3. The summed E-state index contributed by atoms with van der Waals surface area (Å²) in [6.07, 6.45) is 0.370. The van der Waals surface area contributed by atoms with Crippen LogP contribution in [0.1, 0.15) is 12.0 Å². The van der Waals surface area contributed by atoms with Crippen molar-refractivity contribution in [3.63, 3.8) is 0 Å². The minimum atomic E-state index is -0.923. The summed E-state index contributed by atoms with van der Waals surface area (Å²) in [5, 5.41) is 8.33. The van der Waals surface area contributed by atoms with Gasteiger partial charge in [0.25, 0.3) is 0 Å². The summed E-state index contributed by atoms with van der Waals surface area (Å²) in [6, 6.07) is 3.64. The maximum Gasteiger partial charge on any atom is 0.305 e. The van der Waals surface area contributed by atoms with Crippen molar-refractivity contribution in [2.24, 2.45) is 0 Å². The van der Waals surface area contributed by atoms with Gasteiger partial charge in [0, 0.05) is 0 Å². The van der Waals surface area contributed by atoms with Crippen LogP contribution in [0.5, 0.6) is 0 Å². The van der Waals surface area contributed by atoms with Crippen LogP contribution in [0, 0.1) is 11.6 Å². The third-order valence-corrected chi connectivity index (χ3v) is 1.98. The molecule has 0 saturated carbocycles. The third-order valence-electron chi connectivity index (χ3n) is 1.98. The molecule has 0 bridgehead atoms. The van der Waals surface area contributed by atoms with Gasteiger partial charge in [-0.25, -0.2) is 8.78 Å².